The van der Waals surface area contributed by atoms with Gasteiger partial charge in [-0.3, -0.25) is 0 Å². The van der Waals surface area contributed by atoms with Crippen LogP contribution in [0.25, 0.3) is 0 Å². The summed E-state index contributed by atoms with van der Waals surface area (Å²) >= 11 is 1.96. The van der Waals surface area contributed by atoms with E-state index in [1.807, 2.05) is 11.8 Å². The fourth-order valence-corrected chi connectivity index (χ4v) is 1.99. The lowest BCUT2D eigenvalue weighted by molar-refractivity contribution is 0.394. The third-order valence-corrected chi connectivity index (χ3v) is 3.11. The number of hydrogen-bond donors (Lipinski definition) is 1. The molecule has 0 rings (SSSR count). The molecular formula is C12H28N2S. The summed E-state index contributed by atoms with van der Waals surface area (Å²) in [5.74, 6) is 1.33. The fourth-order valence-electron chi connectivity index (χ4n) is 1.50. The lowest BCUT2D eigenvalue weighted by Crippen LogP contribution is -2.22. The number of hydrogen-bond acceptors (Lipinski definition) is 3. The van der Waals surface area contributed by atoms with E-state index in [0.29, 0.717) is 0 Å². The maximum absolute atomic E-state index is 3.50. The Hall–Kier alpha value is 0.270. The highest BCUT2D eigenvalue weighted by Gasteiger charge is 1.92. The molecule has 1 N–H and O–H groups in total. The van der Waals surface area contributed by atoms with E-state index >= 15 is 0 Å². The summed E-state index contributed by atoms with van der Waals surface area (Å²) in [6, 6.07) is 0. The van der Waals surface area contributed by atoms with Crippen molar-refractivity contribution in [3.05, 3.63) is 0 Å². The standard InChI is InChI=1S/C12H28N2S/c1-14(2)11-8-10-13-9-6-4-5-7-12-15-3/h13H,4-12H2,1-3H3. The first-order valence-electron chi connectivity index (χ1n) is 6.11. The molecule has 0 bridgehead atoms. The van der Waals surface area contributed by atoms with Gasteiger partial charge >= 0.3 is 0 Å². The minimum absolute atomic E-state index is 1.17. The summed E-state index contributed by atoms with van der Waals surface area (Å²) in [5.41, 5.74) is 0. The molecule has 2 nitrogen and oxygen atoms in total. The molecule has 0 radical (unpaired) electrons. The lowest BCUT2D eigenvalue weighted by atomic mass is 10.2. The van der Waals surface area contributed by atoms with E-state index in [-0.39, 0.29) is 0 Å². The van der Waals surface area contributed by atoms with Crippen molar-refractivity contribution in [3.63, 3.8) is 0 Å². The van der Waals surface area contributed by atoms with Crippen molar-refractivity contribution in [1.29, 1.82) is 0 Å². The molecule has 0 aromatic carbocycles. The van der Waals surface area contributed by atoms with E-state index in [4.69, 9.17) is 0 Å². The van der Waals surface area contributed by atoms with Gasteiger partial charge in [-0.15, -0.1) is 0 Å². The van der Waals surface area contributed by atoms with Crippen LogP contribution in [0, 0.1) is 0 Å². The monoisotopic (exact) mass is 232 g/mol. The van der Waals surface area contributed by atoms with E-state index in [1.165, 1.54) is 57.5 Å². The van der Waals surface area contributed by atoms with Gasteiger partial charge in [0, 0.05) is 0 Å². The van der Waals surface area contributed by atoms with Crippen molar-refractivity contribution in [2.75, 3.05) is 45.7 Å². The first-order chi connectivity index (χ1) is 7.27. The van der Waals surface area contributed by atoms with Gasteiger partial charge < -0.3 is 10.2 Å². The van der Waals surface area contributed by atoms with Gasteiger partial charge in [-0.2, -0.15) is 11.8 Å². The molecule has 0 aliphatic heterocycles. The minimum Gasteiger partial charge on any atom is -0.317 e. The van der Waals surface area contributed by atoms with E-state index in [9.17, 15) is 0 Å². The molecule has 0 saturated carbocycles. The molecule has 0 heterocycles. The van der Waals surface area contributed by atoms with E-state index in [0.717, 1.165) is 0 Å². The van der Waals surface area contributed by atoms with Gasteiger partial charge in [0.15, 0.2) is 0 Å². The Bertz CT molecular complexity index is 118. The average molecular weight is 232 g/mol. The highest BCUT2D eigenvalue weighted by molar-refractivity contribution is 7.98. The largest absolute Gasteiger partial charge is 0.317 e. The van der Waals surface area contributed by atoms with Crippen LogP contribution in [0.15, 0.2) is 0 Å². The van der Waals surface area contributed by atoms with Crippen molar-refractivity contribution in [2.24, 2.45) is 0 Å². The summed E-state index contributed by atoms with van der Waals surface area (Å²) in [4.78, 5) is 2.24. The van der Waals surface area contributed by atoms with Crippen LogP contribution in [0.4, 0.5) is 0 Å². The van der Waals surface area contributed by atoms with Crippen LogP contribution in [0.1, 0.15) is 32.1 Å². The molecule has 0 saturated heterocycles. The number of nitrogens with zero attached hydrogens (tertiary/aromatic N) is 1. The van der Waals surface area contributed by atoms with Gasteiger partial charge in [-0.1, -0.05) is 12.8 Å². The Morgan fingerprint density at radius 2 is 1.60 bits per heavy atom. The normalized spacial score (nSPS) is 11.2. The first kappa shape index (κ1) is 15.3. The third-order valence-electron chi connectivity index (χ3n) is 2.41. The predicted octanol–water partition coefficient (Wildman–Crippen LogP) is 2.45. The van der Waals surface area contributed by atoms with Gasteiger partial charge in [-0.05, 0) is 65.0 Å². The van der Waals surface area contributed by atoms with Gasteiger partial charge in [0.25, 0.3) is 0 Å². The molecule has 0 aromatic rings. The second kappa shape index (κ2) is 12.3. The summed E-state index contributed by atoms with van der Waals surface area (Å²) in [7, 11) is 4.26. The highest BCUT2D eigenvalue weighted by Crippen LogP contribution is 2.03. The summed E-state index contributed by atoms with van der Waals surface area (Å²) in [6.07, 6.45) is 8.98. The maximum atomic E-state index is 3.50. The zero-order valence-corrected chi connectivity index (χ0v) is 11.5. The highest BCUT2D eigenvalue weighted by atomic mass is 32.2. The van der Waals surface area contributed by atoms with Crippen molar-refractivity contribution < 1.29 is 0 Å². The molecule has 3 heteroatoms. The first-order valence-corrected chi connectivity index (χ1v) is 7.51. The average Bonchev–Trinajstić information content (AvgIpc) is 2.20. The number of rotatable bonds is 11. The maximum Gasteiger partial charge on any atom is -0.00127 e. The second-order valence-electron chi connectivity index (χ2n) is 4.31. The van der Waals surface area contributed by atoms with Gasteiger partial charge in [0.2, 0.25) is 0 Å². The van der Waals surface area contributed by atoms with E-state index in [1.54, 1.807) is 0 Å². The molecule has 15 heavy (non-hydrogen) atoms. The smallest absolute Gasteiger partial charge is 0.00127 e. The van der Waals surface area contributed by atoms with Crippen LogP contribution < -0.4 is 5.32 Å². The Kier molecular flexibility index (Phi) is 12.6. The number of nitrogens with one attached hydrogen (secondary N) is 1. The van der Waals surface area contributed by atoms with Crippen LogP contribution in [0.2, 0.25) is 0 Å². The Morgan fingerprint density at radius 1 is 0.933 bits per heavy atom. The lowest BCUT2D eigenvalue weighted by Gasteiger charge is -2.09. The zero-order chi connectivity index (χ0) is 11.4. The predicted molar refractivity (Wildman–Crippen MR) is 72.9 cm³/mol. The summed E-state index contributed by atoms with van der Waals surface area (Å²) in [6.45, 7) is 3.57. The van der Waals surface area contributed by atoms with Crippen LogP contribution >= 0.6 is 11.8 Å². The van der Waals surface area contributed by atoms with Crippen LogP contribution in [-0.2, 0) is 0 Å². The van der Waals surface area contributed by atoms with E-state index < -0.39 is 0 Å². The molecular weight excluding hydrogens is 204 g/mol. The second-order valence-corrected chi connectivity index (χ2v) is 5.30. The van der Waals surface area contributed by atoms with Crippen molar-refractivity contribution >= 4 is 11.8 Å². The van der Waals surface area contributed by atoms with Crippen molar-refractivity contribution in [1.82, 2.24) is 10.2 Å². The Morgan fingerprint density at radius 3 is 2.27 bits per heavy atom. The quantitative estimate of drug-likeness (QED) is 0.551. The zero-order valence-electron chi connectivity index (χ0n) is 10.7. The van der Waals surface area contributed by atoms with Gasteiger partial charge in [-0.25, -0.2) is 0 Å². The summed E-state index contributed by atoms with van der Waals surface area (Å²) < 4.78 is 0. The van der Waals surface area contributed by atoms with Crippen LogP contribution in [-0.4, -0.2) is 50.6 Å². The SMILES string of the molecule is CSCCCCCCNCCCN(C)C. The van der Waals surface area contributed by atoms with Gasteiger partial charge in [0.05, 0.1) is 0 Å². The topological polar surface area (TPSA) is 15.3 Å². The minimum atomic E-state index is 1.17. The summed E-state index contributed by atoms with van der Waals surface area (Å²) in [5, 5.41) is 3.50. The van der Waals surface area contributed by atoms with Gasteiger partial charge in [0.1, 0.15) is 0 Å². The fraction of sp³-hybridized carbons (Fsp3) is 1.00. The van der Waals surface area contributed by atoms with Crippen LogP contribution in [0.3, 0.4) is 0 Å². The Labute approximate surface area is 100 Å². The van der Waals surface area contributed by atoms with E-state index in [2.05, 4.69) is 30.6 Å². The molecule has 0 aromatic heterocycles. The molecule has 0 atom stereocenters. The molecule has 92 valence electrons. The number of unbranched alkanes of at least 4 members (excludes halogenated alkanes) is 3. The third kappa shape index (κ3) is 14.3. The van der Waals surface area contributed by atoms with Crippen LogP contribution in [0.5, 0.6) is 0 Å². The molecule has 0 unspecified atom stereocenters. The molecule has 0 spiro atoms. The van der Waals surface area contributed by atoms with Crippen molar-refractivity contribution in [3.8, 4) is 0 Å². The molecule has 0 amide bonds. The Balaban J connectivity index is 2.87. The molecule has 0 aliphatic rings. The number of thioether (sulfide) groups is 1. The molecule has 0 fully saturated rings. The van der Waals surface area contributed by atoms with Crippen molar-refractivity contribution in [2.45, 2.75) is 32.1 Å². The molecule has 0 aliphatic carbocycles.